The van der Waals surface area contributed by atoms with Crippen LogP contribution in [0.4, 0.5) is 5.69 Å². The second kappa shape index (κ2) is 4.98. The van der Waals surface area contributed by atoms with Crippen molar-refractivity contribution in [2.24, 2.45) is 0 Å². The minimum atomic E-state index is -0.124. The molecule has 0 atom stereocenters. The molecule has 4 nitrogen and oxygen atoms in total. The first-order valence-electron chi connectivity index (χ1n) is 5.82. The van der Waals surface area contributed by atoms with Crippen LogP contribution in [0.25, 0.3) is 0 Å². The minimum Gasteiger partial charge on any atom is -0.345 e. The summed E-state index contributed by atoms with van der Waals surface area (Å²) in [6.07, 6.45) is 1.35. The van der Waals surface area contributed by atoms with Crippen LogP contribution in [-0.2, 0) is 4.79 Å². The van der Waals surface area contributed by atoms with Gasteiger partial charge in [-0.3, -0.25) is 9.59 Å². The van der Waals surface area contributed by atoms with Gasteiger partial charge in [-0.05, 0) is 24.6 Å². The fourth-order valence-electron chi connectivity index (χ4n) is 2.05. The van der Waals surface area contributed by atoms with Gasteiger partial charge >= 0.3 is 0 Å². The third-order valence-corrected chi connectivity index (χ3v) is 3.20. The molecule has 0 unspecified atom stereocenters. The van der Waals surface area contributed by atoms with Crippen molar-refractivity contribution in [2.75, 3.05) is 25.5 Å². The number of anilines is 1. The van der Waals surface area contributed by atoms with E-state index in [1.165, 1.54) is 4.90 Å². The number of halogens is 1. The number of amides is 2. The van der Waals surface area contributed by atoms with Crippen LogP contribution in [0.5, 0.6) is 0 Å². The fourth-order valence-corrected chi connectivity index (χ4v) is 2.22. The Hall–Kier alpha value is -1.55. The highest BCUT2D eigenvalue weighted by Crippen LogP contribution is 2.29. The van der Waals surface area contributed by atoms with Crippen molar-refractivity contribution in [2.45, 2.75) is 12.8 Å². The Morgan fingerprint density at radius 2 is 2.11 bits per heavy atom. The van der Waals surface area contributed by atoms with Gasteiger partial charge in [0.1, 0.15) is 0 Å². The molecule has 1 aromatic rings. The lowest BCUT2D eigenvalue weighted by atomic mass is 10.1. The lowest BCUT2D eigenvalue weighted by Crippen LogP contribution is -2.29. The van der Waals surface area contributed by atoms with E-state index in [4.69, 9.17) is 11.6 Å². The maximum atomic E-state index is 12.1. The third kappa shape index (κ3) is 2.34. The van der Waals surface area contributed by atoms with E-state index in [2.05, 4.69) is 0 Å². The van der Waals surface area contributed by atoms with Gasteiger partial charge in [0.15, 0.2) is 0 Å². The highest BCUT2D eigenvalue weighted by Gasteiger charge is 2.26. The van der Waals surface area contributed by atoms with Gasteiger partial charge in [0.05, 0.1) is 11.3 Å². The Morgan fingerprint density at radius 1 is 1.39 bits per heavy atom. The molecular formula is C13H15ClN2O2. The Kier molecular flexibility index (Phi) is 3.57. The summed E-state index contributed by atoms with van der Waals surface area (Å²) < 4.78 is 0. The normalized spacial score (nSPS) is 15.1. The van der Waals surface area contributed by atoms with Crippen LogP contribution in [0, 0.1) is 0 Å². The van der Waals surface area contributed by atoms with E-state index < -0.39 is 0 Å². The van der Waals surface area contributed by atoms with Gasteiger partial charge in [-0.25, -0.2) is 0 Å². The minimum absolute atomic E-state index is 0.0464. The monoisotopic (exact) mass is 266 g/mol. The Balaban J connectivity index is 2.47. The quantitative estimate of drug-likeness (QED) is 0.823. The Labute approximate surface area is 111 Å². The molecule has 1 aliphatic rings. The van der Waals surface area contributed by atoms with Crippen molar-refractivity contribution in [3.63, 3.8) is 0 Å². The van der Waals surface area contributed by atoms with Crippen molar-refractivity contribution >= 4 is 29.1 Å². The first-order chi connectivity index (χ1) is 8.50. The average Bonchev–Trinajstić information content (AvgIpc) is 2.74. The van der Waals surface area contributed by atoms with Gasteiger partial charge in [-0.1, -0.05) is 11.6 Å². The Bertz CT molecular complexity index is 500. The summed E-state index contributed by atoms with van der Waals surface area (Å²) in [6, 6.07) is 5.02. The molecule has 0 aromatic heterocycles. The van der Waals surface area contributed by atoms with Crippen molar-refractivity contribution in [1.82, 2.24) is 4.90 Å². The second-order valence-electron chi connectivity index (χ2n) is 4.51. The van der Waals surface area contributed by atoms with Crippen molar-refractivity contribution in [3.05, 3.63) is 28.8 Å². The number of rotatable bonds is 2. The van der Waals surface area contributed by atoms with Gasteiger partial charge in [-0.15, -0.1) is 0 Å². The molecule has 2 rings (SSSR count). The van der Waals surface area contributed by atoms with E-state index in [-0.39, 0.29) is 11.8 Å². The van der Waals surface area contributed by atoms with Crippen LogP contribution in [0.1, 0.15) is 23.2 Å². The zero-order chi connectivity index (χ0) is 13.3. The highest BCUT2D eigenvalue weighted by atomic mass is 35.5. The topological polar surface area (TPSA) is 40.6 Å². The number of carbonyl (C=O) groups is 2. The van der Waals surface area contributed by atoms with Gasteiger partial charge in [0, 0.05) is 32.1 Å². The summed E-state index contributed by atoms with van der Waals surface area (Å²) >= 11 is 5.96. The molecule has 1 fully saturated rings. The molecule has 0 saturated carbocycles. The third-order valence-electron chi connectivity index (χ3n) is 2.96. The van der Waals surface area contributed by atoms with Crippen LogP contribution in [0.15, 0.2) is 18.2 Å². The van der Waals surface area contributed by atoms with Gasteiger partial charge in [-0.2, -0.15) is 0 Å². The van der Waals surface area contributed by atoms with E-state index in [0.29, 0.717) is 29.2 Å². The maximum absolute atomic E-state index is 12.1. The van der Waals surface area contributed by atoms with Crippen molar-refractivity contribution in [1.29, 1.82) is 0 Å². The first kappa shape index (κ1) is 12.9. The number of hydrogen-bond donors (Lipinski definition) is 0. The molecule has 0 aliphatic carbocycles. The van der Waals surface area contributed by atoms with Crippen LogP contribution in [0.2, 0.25) is 5.02 Å². The number of hydrogen-bond acceptors (Lipinski definition) is 2. The molecule has 96 valence electrons. The smallest absolute Gasteiger partial charge is 0.255 e. The maximum Gasteiger partial charge on any atom is 0.255 e. The molecule has 0 spiro atoms. The lowest BCUT2D eigenvalue weighted by molar-refractivity contribution is -0.117. The van der Waals surface area contributed by atoms with Gasteiger partial charge in [0.2, 0.25) is 5.91 Å². The number of carbonyl (C=O) groups excluding carboxylic acids is 2. The standard InChI is InChI=1S/C13H15ClN2O2/c1-15(2)13(18)10-6-5-9(14)8-11(10)16-7-3-4-12(16)17/h5-6,8H,3-4,7H2,1-2H3. The van der Waals surface area contributed by atoms with E-state index in [1.54, 1.807) is 37.2 Å². The van der Waals surface area contributed by atoms with Crippen LogP contribution < -0.4 is 4.90 Å². The van der Waals surface area contributed by atoms with Crippen molar-refractivity contribution in [3.8, 4) is 0 Å². The molecule has 0 N–H and O–H groups in total. The highest BCUT2D eigenvalue weighted by molar-refractivity contribution is 6.31. The SMILES string of the molecule is CN(C)C(=O)c1ccc(Cl)cc1N1CCCC1=O. The molecule has 0 radical (unpaired) electrons. The van der Waals surface area contributed by atoms with Crippen LogP contribution in [0.3, 0.4) is 0 Å². The predicted octanol–water partition coefficient (Wildman–Crippen LogP) is 2.17. The van der Waals surface area contributed by atoms with E-state index in [1.807, 2.05) is 0 Å². The number of nitrogens with zero attached hydrogens (tertiary/aromatic N) is 2. The van der Waals surface area contributed by atoms with E-state index >= 15 is 0 Å². The van der Waals surface area contributed by atoms with Crippen molar-refractivity contribution < 1.29 is 9.59 Å². The zero-order valence-electron chi connectivity index (χ0n) is 10.4. The number of benzene rings is 1. The second-order valence-corrected chi connectivity index (χ2v) is 4.95. The van der Waals surface area contributed by atoms with Gasteiger partial charge < -0.3 is 9.80 Å². The Morgan fingerprint density at radius 3 is 2.67 bits per heavy atom. The summed E-state index contributed by atoms with van der Waals surface area (Å²) in [7, 11) is 3.37. The van der Waals surface area contributed by atoms with Crippen LogP contribution >= 0.6 is 11.6 Å². The lowest BCUT2D eigenvalue weighted by Gasteiger charge is -2.21. The average molecular weight is 267 g/mol. The molecule has 1 aliphatic heterocycles. The largest absolute Gasteiger partial charge is 0.345 e. The molecule has 5 heteroatoms. The summed E-state index contributed by atoms with van der Waals surface area (Å²) in [4.78, 5) is 27.0. The molecule has 1 aromatic carbocycles. The summed E-state index contributed by atoms with van der Waals surface area (Å²) in [5.74, 6) is -0.0774. The molecule has 1 saturated heterocycles. The molecule has 0 bridgehead atoms. The molecule has 1 heterocycles. The molecule has 2 amide bonds. The molecular weight excluding hydrogens is 252 g/mol. The van der Waals surface area contributed by atoms with E-state index in [0.717, 1.165) is 6.42 Å². The summed E-state index contributed by atoms with van der Waals surface area (Å²) in [5, 5.41) is 0.528. The zero-order valence-corrected chi connectivity index (χ0v) is 11.2. The molecule has 18 heavy (non-hydrogen) atoms. The summed E-state index contributed by atoms with van der Waals surface area (Å²) in [5.41, 5.74) is 1.13. The van der Waals surface area contributed by atoms with E-state index in [9.17, 15) is 9.59 Å². The van der Waals surface area contributed by atoms with Gasteiger partial charge in [0.25, 0.3) is 5.91 Å². The predicted molar refractivity (Wildman–Crippen MR) is 71.1 cm³/mol. The fraction of sp³-hybridized carbons (Fsp3) is 0.385. The summed E-state index contributed by atoms with van der Waals surface area (Å²) in [6.45, 7) is 0.646. The first-order valence-corrected chi connectivity index (χ1v) is 6.20. The van der Waals surface area contributed by atoms with Crippen LogP contribution in [-0.4, -0.2) is 37.4 Å².